The number of esters is 3. The van der Waals surface area contributed by atoms with E-state index < -0.39 is 6.10 Å². The first-order valence-electron chi connectivity index (χ1n) is 24.9. The van der Waals surface area contributed by atoms with E-state index in [1.807, 2.05) is 0 Å². The summed E-state index contributed by atoms with van der Waals surface area (Å²) in [5.41, 5.74) is 0. The van der Waals surface area contributed by atoms with E-state index in [9.17, 15) is 14.4 Å². The largest absolute Gasteiger partial charge is 0.462 e. The molecule has 0 heterocycles. The molecular formula is C50H96O6. The number of unbranched alkanes of at least 4 members (excludes halogenated alkanes) is 32. The topological polar surface area (TPSA) is 78.9 Å². The second-order valence-electron chi connectivity index (χ2n) is 17.6. The lowest BCUT2D eigenvalue weighted by Crippen LogP contribution is -2.30. The van der Waals surface area contributed by atoms with Crippen molar-refractivity contribution in [2.24, 2.45) is 5.92 Å². The molecule has 0 fully saturated rings. The van der Waals surface area contributed by atoms with Crippen LogP contribution in [0.1, 0.15) is 278 Å². The smallest absolute Gasteiger partial charge is 0.306 e. The summed E-state index contributed by atoms with van der Waals surface area (Å²) >= 11 is 0. The predicted molar refractivity (Wildman–Crippen MR) is 238 cm³/mol. The highest BCUT2D eigenvalue weighted by Crippen LogP contribution is 2.17. The molecule has 0 aliphatic rings. The van der Waals surface area contributed by atoms with E-state index in [1.54, 1.807) is 0 Å². The van der Waals surface area contributed by atoms with Gasteiger partial charge in [0, 0.05) is 19.3 Å². The molecule has 0 saturated heterocycles. The Morgan fingerprint density at radius 3 is 0.875 bits per heavy atom. The zero-order chi connectivity index (χ0) is 41.0. The maximum Gasteiger partial charge on any atom is 0.306 e. The molecule has 0 aromatic heterocycles. The molecule has 0 aromatic rings. The molecule has 0 aliphatic heterocycles. The molecule has 0 spiro atoms. The van der Waals surface area contributed by atoms with Crippen LogP contribution in [-0.2, 0) is 28.6 Å². The summed E-state index contributed by atoms with van der Waals surface area (Å²) in [7, 11) is 0. The van der Waals surface area contributed by atoms with Gasteiger partial charge in [-0.1, -0.05) is 240 Å². The van der Waals surface area contributed by atoms with Gasteiger partial charge in [0.25, 0.3) is 0 Å². The lowest BCUT2D eigenvalue weighted by molar-refractivity contribution is -0.167. The number of carbonyl (C=O) groups excluding carboxylic acids is 3. The van der Waals surface area contributed by atoms with Gasteiger partial charge in [-0.2, -0.15) is 0 Å². The fourth-order valence-corrected chi connectivity index (χ4v) is 7.51. The van der Waals surface area contributed by atoms with Crippen LogP contribution in [0.5, 0.6) is 0 Å². The summed E-state index contributed by atoms with van der Waals surface area (Å²) in [6, 6.07) is 0. The van der Waals surface area contributed by atoms with Crippen LogP contribution in [0.25, 0.3) is 0 Å². The van der Waals surface area contributed by atoms with Gasteiger partial charge in [-0.25, -0.2) is 0 Å². The molecule has 0 aliphatic carbocycles. The third kappa shape index (κ3) is 43.5. The molecule has 332 valence electrons. The molecule has 0 radical (unpaired) electrons. The van der Waals surface area contributed by atoms with Crippen LogP contribution in [0, 0.1) is 5.92 Å². The Morgan fingerprint density at radius 2 is 0.589 bits per heavy atom. The molecule has 1 atom stereocenters. The molecule has 0 saturated carbocycles. The van der Waals surface area contributed by atoms with E-state index in [4.69, 9.17) is 14.2 Å². The minimum absolute atomic E-state index is 0.0643. The first-order chi connectivity index (χ1) is 27.4. The first-order valence-corrected chi connectivity index (χ1v) is 24.9. The first kappa shape index (κ1) is 54.4. The minimum Gasteiger partial charge on any atom is -0.462 e. The highest BCUT2D eigenvalue weighted by molar-refractivity contribution is 5.71. The molecule has 0 unspecified atom stereocenters. The molecule has 6 heteroatoms. The van der Waals surface area contributed by atoms with Crippen LogP contribution < -0.4 is 0 Å². The van der Waals surface area contributed by atoms with E-state index in [1.165, 1.54) is 167 Å². The van der Waals surface area contributed by atoms with E-state index in [0.29, 0.717) is 19.3 Å². The van der Waals surface area contributed by atoms with Crippen molar-refractivity contribution in [3.05, 3.63) is 0 Å². The highest BCUT2D eigenvalue weighted by atomic mass is 16.6. The van der Waals surface area contributed by atoms with Crippen molar-refractivity contribution < 1.29 is 28.6 Å². The fraction of sp³-hybridized carbons (Fsp3) is 0.940. The van der Waals surface area contributed by atoms with Gasteiger partial charge < -0.3 is 14.2 Å². The summed E-state index contributed by atoms with van der Waals surface area (Å²) in [5, 5.41) is 0. The summed E-state index contributed by atoms with van der Waals surface area (Å²) in [6.45, 7) is 8.94. The quantitative estimate of drug-likeness (QED) is 0.0347. The molecule has 0 amide bonds. The van der Waals surface area contributed by atoms with E-state index in [-0.39, 0.29) is 31.1 Å². The molecule has 0 rings (SSSR count). The number of ether oxygens (including phenoxy) is 3. The predicted octanol–water partition coefficient (Wildman–Crippen LogP) is 15.9. The summed E-state index contributed by atoms with van der Waals surface area (Å²) in [5.74, 6) is -0.0283. The maximum atomic E-state index is 12.7. The average molecular weight is 793 g/mol. The van der Waals surface area contributed by atoms with E-state index in [0.717, 1.165) is 70.1 Å². The summed E-state index contributed by atoms with van der Waals surface area (Å²) in [6.07, 6.45) is 45.5. The van der Waals surface area contributed by atoms with E-state index >= 15 is 0 Å². The van der Waals surface area contributed by atoms with Gasteiger partial charge in [-0.3, -0.25) is 14.4 Å². The fourth-order valence-electron chi connectivity index (χ4n) is 7.51. The molecule has 6 nitrogen and oxygen atoms in total. The zero-order valence-electron chi connectivity index (χ0n) is 38.1. The van der Waals surface area contributed by atoms with Gasteiger partial charge in [0.1, 0.15) is 13.2 Å². The Hall–Kier alpha value is -1.59. The third-order valence-electron chi connectivity index (χ3n) is 11.3. The Bertz CT molecular complexity index is 841. The van der Waals surface area contributed by atoms with Crippen molar-refractivity contribution in [3.63, 3.8) is 0 Å². The lowest BCUT2D eigenvalue weighted by atomic mass is 10.0. The molecular weight excluding hydrogens is 697 g/mol. The van der Waals surface area contributed by atoms with Crippen molar-refractivity contribution in [1.29, 1.82) is 0 Å². The summed E-state index contributed by atoms with van der Waals surface area (Å²) in [4.78, 5) is 37.6. The van der Waals surface area contributed by atoms with Crippen LogP contribution in [0.3, 0.4) is 0 Å². The van der Waals surface area contributed by atoms with Crippen LogP contribution in [0.4, 0.5) is 0 Å². The van der Waals surface area contributed by atoms with Crippen LogP contribution >= 0.6 is 0 Å². The minimum atomic E-state index is -0.758. The monoisotopic (exact) mass is 793 g/mol. The van der Waals surface area contributed by atoms with Crippen LogP contribution in [-0.4, -0.2) is 37.2 Å². The highest BCUT2D eigenvalue weighted by Gasteiger charge is 2.19. The standard InChI is InChI=1S/C50H96O6/c1-5-7-9-11-12-13-14-15-16-17-18-19-20-25-28-31-35-39-43-50(53)56-47(44-54-48(51)41-37-32-10-8-6-2)45-55-49(52)42-38-34-30-27-24-22-21-23-26-29-33-36-40-46(3)4/h46-47H,5-45H2,1-4H3/t47-/m1/s1. The number of carbonyl (C=O) groups is 3. The second kappa shape index (κ2) is 44.5. The van der Waals surface area contributed by atoms with Crippen molar-refractivity contribution in [3.8, 4) is 0 Å². The Kier molecular flexibility index (Phi) is 43.2. The molecule has 56 heavy (non-hydrogen) atoms. The SMILES string of the molecule is CCCCCCCCCCCCCCCCCCCCC(=O)O[C@H](COC(=O)CCCCCCC)COC(=O)CCCCCCCCCCCCCCC(C)C. The normalized spacial score (nSPS) is 11.9. The van der Waals surface area contributed by atoms with Gasteiger partial charge in [-0.05, 0) is 25.2 Å². The van der Waals surface area contributed by atoms with Crippen molar-refractivity contribution in [1.82, 2.24) is 0 Å². The Morgan fingerprint density at radius 1 is 0.339 bits per heavy atom. The number of hydrogen-bond donors (Lipinski definition) is 0. The maximum absolute atomic E-state index is 12.7. The third-order valence-corrected chi connectivity index (χ3v) is 11.3. The van der Waals surface area contributed by atoms with Crippen molar-refractivity contribution >= 4 is 17.9 Å². The summed E-state index contributed by atoms with van der Waals surface area (Å²) < 4.78 is 16.7. The zero-order valence-corrected chi connectivity index (χ0v) is 38.1. The molecule has 0 N–H and O–H groups in total. The van der Waals surface area contributed by atoms with Crippen molar-refractivity contribution in [2.45, 2.75) is 284 Å². The number of hydrogen-bond acceptors (Lipinski definition) is 6. The Labute approximate surface area is 348 Å². The molecule has 0 aromatic carbocycles. The average Bonchev–Trinajstić information content (AvgIpc) is 3.18. The Balaban J connectivity index is 4.12. The number of rotatable bonds is 45. The molecule has 0 bridgehead atoms. The van der Waals surface area contributed by atoms with Gasteiger partial charge in [0.2, 0.25) is 0 Å². The van der Waals surface area contributed by atoms with Gasteiger partial charge in [0.05, 0.1) is 0 Å². The van der Waals surface area contributed by atoms with Gasteiger partial charge in [-0.15, -0.1) is 0 Å². The second-order valence-corrected chi connectivity index (χ2v) is 17.6. The van der Waals surface area contributed by atoms with E-state index in [2.05, 4.69) is 27.7 Å². The van der Waals surface area contributed by atoms with Gasteiger partial charge >= 0.3 is 17.9 Å². The lowest BCUT2D eigenvalue weighted by Gasteiger charge is -2.18. The van der Waals surface area contributed by atoms with Crippen LogP contribution in [0.15, 0.2) is 0 Å². The van der Waals surface area contributed by atoms with Crippen molar-refractivity contribution in [2.75, 3.05) is 13.2 Å². The van der Waals surface area contributed by atoms with Gasteiger partial charge in [0.15, 0.2) is 6.10 Å². The van der Waals surface area contributed by atoms with Crippen LogP contribution in [0.2, 0.25) is 0 Å².